The second-order valence-electron chi connectivity index (χ2n) is 4.76. The average Bonchev–Trinajstić information content (AvgIpc) is 2.36. The van der Waals surface area contributed by atoms with E-state index >= 15 is 0 Å². The van der Waals surface area contributed by atoms with E-state index in [4.69, 9.17) is 9.84 Å². The van der Waals surface area contributed by atoms with Gasteiger partial charge in [0.15, 0.2) is 0 Å². The maximum atomic E-state index is 11.9. The summed E-state index contributed by atoms with van der Waals surface area (Å²) in [5.74, 6) is -1.25. The van der Waals surface area contributed by atoms with Crippen molar-refractivity contribution in [2.45, 2.75) is 32.2 Å². The van der Waals surface area contributed by atoms with Crippen molar-refractivity contribution in [2.75, 3.05) is 26.8 Å². The lowest BCUT2D eigenvalue weighted by atomic mass is 9.99. The molecule has 0 bridgehead atoms. The van der Waals surface area contributed by atoms with Crippen LogP contribution >= 0.6 is 0 Å². The zero-order valence-corrected chi connectivity index (χ0v) is 11.0. The number of rotatable bonds is 5. The number of likely N-dealkylation sites (tertiary alicyclic amines) is 1. The minimum atomic E-state index is -0.820. The van der Waals surface area contributed by atoms with E-state index in [9.17, 15) is 9.59 Å². The summed E-state index contributed by atoms with van der Waals surface area (Å²) < 4.78 is 4.95. The Balaban J connectivity index is 2.38. The molecule has 0 aromatic rings. The first-order valence-electron chi connectivity index (χ1n) is 6.31. The Morgan fingerprint density at radius 1 is 1.56 bits per heavy atom. The molecule has 104 valence electrons. The van der Waals surface area contributed by atoms with Crippen molar-refractivity contribution in [3.63, 3.8) is 0 Å². The van der Waals surface area contributed by atoms with Crippen LogP contribution in [0.3, 0.4) is 0 Å². The third-order valence-corrected chi connectivity index (χ3v) is 3.18. The molecule has 0 aliphatic carbocycles. The number of carbonyl (C=O) groups excluding carboxylic acids is 1. The van der Waals surface area contributed by atoms with Gasteiger partial charge in [0.2, 0.25) is 0 Å². The predicted octanol–water partition coefficient (Wildman–Crippen LogP) is 0.918. The summed E-state index contributed by atoms with van der Waals surface area (Å²) in [5.41, 5.74) is 0. The van der Waals surface area contributed by atoms with Crippen LogP contribution in [0.1, 0.15) is 26.2 Å². The highest BCUT2D eigenvalue weighted by atomic mass is 16.5. The van der Waals surface area contributed by atoms with Gasteiger partial charge in [0.1, 0.15) is 0 Å². The lowest BCUT2D eigenvalue weighted by molar-refractivity contribution is -0.143. The molecule has 0 aromatic carbocycles. The number of aliphatic carboxylic acids is 1. The van der Waals surface area contributed by atoms with E-state index in [0.29, 0.717) is 26.1 Å². The Labute approximate surface area is 107 Å². The van der Waals surface area contributed by atoms with Gasteiger partial charge in [0.05, 0.1) is 5.92 Å². The van der Waals surface area contributed by atoms with Crippen molar-refractivity contribution in [3.05, 3.63) is 0 Å². The summed E-state index contributed by atoms with van der Waals surface area (Å²) in [5, 5.41) is 11.8. The molecule has 6 heteroatoms. The monoisotopic (exact) mass is 258 g/mol. The van der Waals surface area contributed by atoms with Crippen molar-refractivity contribution in [1.82, 2.24) is 10.2 Å². The van der Waals surface area contributed by atoms with E-state index in [1.165, 1.54) is 0 Å². The van der Waals surface area contributed by atoms with E-state index < -0.39 is 11.9 Å². The molecule has 1 unspecified atom stereocenters. The van der Waals surface area contributed by atoms with Gasteiger partial charge in [-0.25, -0.2) is 4.79 Å². The molecule has 1 fully saturated rings. The van der Waals surface area contributed by atoms with Gasteiger partial charge in [0.25, 0.3) is 0 Å². The van der Waals surface area contributed by atoms with Crippen LogP contribution in [-0.2, 0) is 9.53 Å². The number of nitrogens with zero attached hydrogens (tertiary/aromatic N) is 1. The maximum Gasteiger partial charge on any atom is 0.317 e. The molecule has 0 radical (unpaired) electrons. The maximum absolute atomic E-state index is 11.9. The van der Waals surface area contributed by atoms with Crippen LogP contribution < -0.4 is 5.32 Å². The molecule has 0 spiro atoms. The van der Waals surface area contributed by atoms with Crippen LogP contribution in [0, 0.1) is 5.92 Å². The van der Waals surface area contributed by atoms with Gasteiger partial charge in [-0.05, 0) is 26.2 Å². The quantitative estimate of drug-likeness (QED) is 0.768. The summed E-state index contributed by atoms with van der Waals surface area (Å²) in [4.78, 5) is 24.4. The number of carbonyl (C=O) groups is 2. The predicted molar refractivity (Wildman–Crippen MR) is 66.4 cm³/mol. The molecule has 1 aliphatic rings. The van der Waals surface area contributed by atoms with Crippen molar-refractivity contribution in [2.24, 2.45) is 5.92 Å². The molecule has 1 saturated heterocycles. The van der Waals surface area contributed by atoms with Crippen LogP contribution in [0.15, 0.2) is 0 Å². The highest BCUT2D eigenvalue weighted by Gasteiger charge is 2.28. The topological polar surface area (TPSA) is 78.9 Å². The van der Waals surface area contributed by atoms with Gasteiger partial charge < -0.3 is 20.1 Å². The molecule has 2 amide bonds. The van der Waals surface area contributed by atoms with Gasteiger partial charge in [0, 0.05) is 32.8 Å². The molecule has 0 saturated carbocycles. The molecular weight excluding hydrogens is 236 g/mol. The van der Waals surface area contributed by atoms with Gasteiger partial charge >= 0.3 is 12.0 Å². The minimum absolute atomic E-state index is 0.0302. The number of carboxylic acid groups (broad SMARTS) is 1. The van der Waals surface area contributed by atoms with Crippen molar-refractivity contribution >= 4 is 12.0 Å². The number of ether oxygens (including phenoxy) is 1. The Bertz CT molecular complexity index is 296. The Morgan fingerprint density at radius 2 is 2.28 bits per heavy atom. The third kappa shape index (κ3) is 4.52. The summed E-state index contributed by atoms with van der Waals surface area (Å²) in [6.07, 6.45) is 2.15. The molecule has 1 rings (SSSR count). The molecule has 1 heterocycles. The lowest BCUT2D eigenvalue weighted by Gasteiger charge is -2.31. The fraction of sp³-hybridized carbons (Fsp3) is 0.833. The van der Waals surface area contributed by atoms with Gasteiger partial charge in [-0.1, -0.05) is 0 Å². The number of piperidine rings is 1. The Kier molecular flexibility index (Phi) is 5.91. The van der Waals surface area contributed by atoms with Crippen LogP contribution in [0.4, 0.5) is 4.79 Å². The van der Waals surface area contributed by atoms with Crippen molar-refractivity contribution < 1.29 is 19.4 Å². The summed E-state index contributed by atoms with van der Waals surface area (Å²) in [6, 6.07) is -0.146. The molecule has 0 aromatic heterocycles. The van der Waals surface area contributed by atoms with Gasteiger partial charge in [-0.2, -0.15) is 0 Å². The molecule has 6 nitrogen and oxygen atoms in total. The average molecular weight is 258 g/mol. The molecular formula is C12H22N2O4. The van der Waals surface area contributed by atoms with E-state index in [-0.39, 0.29) is 12.1 Å². The van der Waals surface area contributed by atoms with Crippen LogP contribution in [-0.4, -0.2) is 54.9 Å². The van der Waals surface area contributed by atoms with Gasteiger partial charge in [-0.15, -0.1) is 0 Å². The smallest absolute Gasteiger partial charge is 0.317 e. The second kappa shape index (κ2) is 7.20. The lowest BCUT2D eigenvalue weighted by Crippen LogP contribution is -2.49. The number of hydrogen-bond donors (Lipinski definition) is 2. The third-order valence-electron chi connectivity index (χ3n) is 3.18. The second-order valence-corrected chi connectivity index (χ2v) is 4.76. The molecule has 2 N–H and O–H groups in total. The molecule has 1 aliphatic heterocycles. The van der Waals surface area contributed by atoms with Crippen molar-refractivity contribution in [1.29, 1.82) is 0 Å². The van der Waals surface area contributed by atoms with Gasteiger partial charge in [-0.3, -0.25) is 4.79 Å². The van der Waals surface area contributed by atoms with Crippen molar-refractivity contribution in [3.8, 4) is 0 Å². The normalized spacial score (nSPS) is 21.4. The SMILES string of the molecule is COCCC(C)NC(=O)N1CCC[C@H](C(=O)O)C1. The number of nitrogens with one attached hydrogen (secondary N) is 1. The van der Waals surface area contributed by atoms with Crippen LogP contribution in [0.25, 0.3) is 0 Å². The number of carboxylic acids is 1. The first-order chi connectivity index (χ1) is 8.54. The van der Waals surface area contributed by atoms with Crippen LogP contribution in [0.5, 0.6) is 0 Å². The molecule has 2 atom stereocenters. The standard InChI is InChI=1S/C12H22N2O4/c1-9(5-7-18-2)13-12(17)14-6-3-4-10(8-14)11(15)16/h9-10H,3-8H2,1-2H3,(H,13,17)(H,15,16)/t9?,10-/m0/s1. The van der Waals surface area contributed by atoms with E-state index in [2.05, 4.69) is 5.32 Å². The fourth-order valence-corrected chi connectivity index (χ4v) is 2.03. The van der Waals surface area contributed by atoms with Crippen LogP contribution in [0.2, 0.25) is 0 Å². The van der Waals surface area contributed by atoms with E-state index in [1.54, 1.807) is 12.0 Å². The number of amides is 2. The largest absolute Gasteiger partial charge is 0.481 e. The summed E-state index contributed by atoms with van der Waals surface area (Å²) >= 11 is 0. The summed E-state index contributed by atoms with van der Waals surface area (Å²) in [7, 11) is 1.62. The zero-order chi connectivity index (χ0) is 13.5. The summed E-state index contributed by atoms with van der Waals surface area (Å²) in [6.45, 7) is 3.44. The number of hydrogen-bond acceptors (Lipinski definition) is 3. The minimum Gasteiger partial charge on any atom is -0.481 e. The van der Waals surface area contributed by atoms with E-state index in [1.807, 2.05) is 6.92 Å². The first-order valence-corrected chi connectivity index (χ1v) is 6.31. The fourth-order valence-electron chi connectivity index (χ4n) is 2.03. The van der Waals surface area contributed by atoms with E-state index in [0.717, 1.165) is 12.8 Å². The number of urea groups is 1. The zero-order valence-electron chi connectivity index (χ0n) is 11.0. The first kappa shape index (κ1) is 14.8. The Morgan fingerprint density at radius 3 is 2.89 bits per heavy atom. The number of methoxy groups -OCH3 is 1. The Hall–Kier alpha value is -1.30. The highest BCUT2D eigenvalue weighted by molar-refractivity contribution is 5.76. The highest BCUT2D eigenvalue weighted by Crippen LogP contribution is 2.16. The molecule has 18 heavy (non-hydrogen) atoms.